The van der Waals surface area contributed by atoms with Gasteiger partial charge < -0.3 is 14.4 Å². The van der Waals surface area contributed by atoms with Gasteiger partial charge in [-0.05, 0) is 19.8 Å². The summed E-state index contributed by atoms with van der Waals surface area (Å²) < 4.78 is 9.13. The number of hydrogen-bond acceptors (Lipinski definition) is 6. The second-order valence-electron chi connectivity index (χ2n) is 4.71. The molecule has 0 atom stereocenters. The van der Waals surface area contributed by atoms with Crippen LogP contribution < -0.4 is 0 Å². The van der Waals surface area contributed by atoms with Crippen LogP contribution in [0.25, 0.3) is 0 Å². The molecule has 7 nitrogen and oxygen atoms in total. The van der Waals surface area contributed by atoms with Gasteiger partial charge in [-0.15, -0.1) is 0 Å². The second-order valence-corrected chi connectivity index (χ2v) is 4.71. The van der Waals surface area contributed by atoms with Crippen LogP contribution in [-0.2, 0) is 23.9 Å². The van der Waals surface area contributed by atoms with Crippen molar-refractivity contribution in [3.63, 3.8) is 0 Å². The highest BCUT2D eigenvalue weighted by Gasteiger charge is 2.32. The van der Waals surface area contributed by atoms with Crippen molar-refractivity contribution < 1.29 is 23.9 Å². The molecule has 1 aliphatic carbocycles. The second kappa shape index (κ2) is 7.84. The van der Waals surface area contributed by atoms with Crippen LogP contribution in [0.4, 0.5) is 0 Å². The molecule has 0 unspecified atom stereocenters. The summed E-state index contributed by atoms with van der Waals surface area (Å²) in [5.74, 6) is -1.06. The summed E-state index contributed by atoms with van der Waals surface area (Å²) >= 11 is 0. The first-order valence-corrected chi connectivity index (χ1v) is 6.67. The SMILES string of the molecule is CCN(C(=O)CN(CC(=O)OC)CC(=O)OC)C1CC1. The molecule has 1 saturated carbocycles. The number of esters is 2. The van der Waals surface area contributed by atoms with Crippen molar-refractivity contribution in [2.45, 2.75) is 25.8 Å². The standard InChI is InChI=1S/C13H22N2O5/c1-4-15(10-5-6-10)11(16)7-14(8-12(17)19-2)9-13(18)20-3/h10H,4-9H2,1-3H3. The molecular formula is C13H22N2O5. The number of carbonyl (C=O) groups is 3. The molecule has 7 heteroatoms. The first kappa shape index (κ1) is 16.4. The third kappa shape index (κ3) is 5.16. The third-order valence-electron chi connectivity index (χ3n) is 3.17. The van der Waals surface area contributed by atoms with Crippen LogP contribution in [0, 0.1) is 0 Å². The van der Waals surface area contributed by atoms with Crippen molar-refractivity contribution in [1.29, 1.82) is 0 Å². The van der Waals surface area contributed by atoms with E-state index in [1.807, 2.05) is 6.92 Å². The largest absolute Gasteiger partial charge is 0.468 e. The van der Waals surface area contributed by atoms with Crippen LogP contribution in [0.1, 0.15) is 19.8 Å². The van der Waals surface area contributed by atoms with Gasteiger partial charge in [0.15, 0.2) is 0 Å². The fraction of sp³-hybridized carbons (Fsp3) is 0.769. The van der Waals surface area contributed by atoms with Gasteiger partial charge in [-0.3, -0.25) is 19.3 Å². The highest BCUT2D eigenvalue weighted by Crippen LogP contribution is 2.26. The number of rotatable bonds is 8. The Morgan fingerprint density at radius 1 is 1.00 bits per heavy atom. The predicted octanol–water partition coefficient (Wildman–Crippen LogP) is -0.355. The minimum Gasteiger partial charge on any atom is -0.468 e. The number of methoxy groups -OCH3 is 2. The highest BCUT2D eigenvalue weighted by atomic mass is 16.5. The van der Waals surface area contributed by atoms with E-state index in [-0.39, 0.29) is 25.5 Å². The molecule has 114 valence electrons. The van der Waals surface area contributed by atoms with Crippen molar-refractivity contribution in [1.82, 2.24) is 9.80 Å². The molecule has 1 fully saturated rings. The molecule has 0 bridgehead atoms. The lowest BCUT2D eigenvalue weighted by Crippen LogP contribution is -2.45. The summed E-state index contributed by atoms with van der Waals surface area (Å²) in [5.41, 5.74) is 0. The minimum atomic E-state index is -0.490. The monoisotopic (exact) mass is 286 g/mol. The lowest BCUT2D eigenvalue weighted by atomic mass is 10.3. The molecule has 20 heavy (non-hydrogen) atoms. The lowest BCUT2D eigenvalue weighted by Gasteiger charge is -2.25. The Balaban J connectivity index is 2.59. The zero-order valence-electron chi connectivity index (χ0n) is 12.3. The van der Waals surface area contributed by atoms with E-state index < -0.39 is 11.9 Å². The van der Waals surface area contributed by atoms with Gasteiger partial charge in [-0.25, -0.2) is 0 Å². The third-order valence-corrected chi connectivity index (χ3v) is 3.17. The van der Waals surface area contributed by atoms with Crippen molar-refractivity contribution in [3.05, 3.63) is 0 Å². The maximum Gasteiger partial charge on any atom is 0.319 e. The molecule has 1 aliphatic rings. The molecule has 0 aromatic heterocycles. The Morgan fingerprint density at radius 2 is 1.50 bits per heavy atom. The zero-order valence-corrected chi connectivity index (χ0v) is 12.3. The number of nitrogens with zero attached hydrogens (tertiary/aromatic N) is 2. The van der Waals surface area contributed by atoms with Crippen LogP contribution in [0.5, 0.6) is 0 Å². The fourth-order valence-corrected chi connectivity index (χ4v) is 1.97. The van der Waals surface area contributed by atoms with E-state index in [1.165, 1.54) is 19.1 Å². The Bertz CT molecular complexity index is 350. The van der Waals surface area contributed by atoms with E-state index in [4.69, 9.17) is 0 Å². The normalized spacial score (nSPS) is 14.0. The van der Waals surface area contributed by atoms with Gasteiger partial charge in [-0.2, -0.15) is 0 Å². The molecular weight excluding hydrogens is 264 g/mol. The van der Waals surface area contributed by atoms with Gasteiger partial charge in [0.2, 0.25) is 5.91 Å². The maximum atomic E-state index is 12.2. The topological polar surface area (TPSA) is 76.2 Å². The predicted molar refractivity (Wildman–Crippen MR) is 70.9 cm³/mol. The minimum absolute atomic E-state index is 0.00847. The van der Waals surface area contributed by atoms with Gasteiger partial charge in [0.25, 0.3) is 0 Å². The molecule has 0 aromatic carbocycles. The van der Waals surface area contributed by atoms with Crippen molar-refractivity contribution in [2.75, 3.05) is 40.4 Å². The lowest BCUT2D eigenvalue weighted by molar-refractivity contribution is -0.146. The summed E-state index contributed by atoms with van der Waals surface area (Å²) in [5, 5.41) is 0. The van der Waals surface area contributed by atoms with Crippen LogP contribution in [-0.4, -0.2) is 74.1 Å². The van der Waals surface area contributed by atoms with E-state index in [1.54, 1.807) is 4.90 Å². The van der Waals surface area contributed by atoms with E-state index >= 15 is 0 Å². The van der Waals surface area contributed by atoms with Crippen LogP contribution >= 0.6 is 0 Å². The van der Waals surface area contributed by atoms with E-state index in [0.717, 1.165) is 12.8 Å². The summed E-state index contributed by atoms with van der Waals surface area (Å²) in [7, 11) is 2.53. The van der Waals surface area contributed by atoms with Crippen molar-refractivity contribution in [2.24, 2.45) is 0 Å². The fourth-order valence-electron chi connectivity index (χ4n) is 1.97. The Labute approximate surface area is 118 Å². The van der Waals surface area contributed by atoms with E-state index in [2.05, 4.69) is 9.47 Å². The molecule has 0 radical (unpaired) electrons. The van der Waals surface area contributed by atoms with Crippen LogP contribution in [0.2, 0.25) is 0 Å². The van der Waals surface area contributed by atoms with Gasteiger partial charge >= 0.3 is 11.9 Å². The Kier molecular flexibility index (Phi) is 6.44. The van der Waals surface area contributed by atoms with Crippen molar-refractivity contribution >= 4 is 17.8 Å². The van der Waals surface area contributed by atoms with Gasteiger partial charge in [0.05, 0.1) is 33.9 Å². The molecule has 0 N–H and O–H groups in total. The molecule has 0 heterocycles. The maximum absolute atomic E-state index is 12.2. The summed E-state index contributed by atoms with van der Waals surface area (Å²) in [6.45, 7) is 2.34. The first-order chi connectivity index (χ1) is 9.51. The molecule has 0 aromatic rings. The number of amides is 1. The molecule has 1 amide bonds. The summed E-state index contributed by atoms with van der Waals surface area (Å²) in [4.78, 5) is 38.0. The van der Waals surface area contributed by atoms with E-state index in [0.29, 0.717) is 12.6 Å². The molecule has 0 spiro atoms. The van der Waals surface area contributed by atoms with Gasteiger partial charge in [0, 0.05) is 12.6 Å². The molecule has 0 aliphatic heterocycles. The van der Waals surface area contributed by atoms with E-state index in [9.17, 15) is 14.4 Å². The average molecular weight is 286 g/mol. The van der Waals surface area contributed by atoms with Crippen LogP contribution in [0.15, 0.2) is 0 Å². The number of likely N-dealkylation sites (N-methyl/N-ethyl adjacent to an activating group) is 1. The Morgan fingerprint density at radius 3 is 1.85 bits per heavy atom. The smallest absolute Gasteiger partial charge is 0.319 e. The first-order valence-electron chi connectivity index (χ1n) is 6.67. The number of hydrogen-bond donors (Lipinski definition) is 0. The summed E-state index contributed by atoms with van der Waals surface area (Å²) in [6, 6.07) is 0.311. The highest BCUT2D eigenvalue weighted by molar-refractivity contribution is 5.81. The Hall–Kier alpha value is -1.63. The molecule has 1 rings (SSSR count). The average Bonchev–Trinajstić information content (AvgIpc) is 3.23. The number of ether oxygens (including phenoxy) is 2. The quantitative estimate of drug-likeness (QED) is 0.567. The number of carbonyl (C=O) groups excluding carboxylic acids is 3. The van der Waals surface area contributed by atoms with Gasteiger partial charge in [-0.1, -0.05) is 0 Å². The van der Waals surface area contributed by atoms with Crippen LogP contribution in [0.3, 0.4) is 0 Å². The zero-order chi connectivity index (χ0) is 15.1. The molecule has 0 saturated heterocycles. The van der Waals surface area contributed by atoms with Crippen molar-refractivity contribution in [3.8, 4) is 0 Å². The van der Waals surface area contributed by atoms with Gasteiger partial charge in [0.1, 0.15) is 0 Å². The summed E-state index contributed by atoms with van der Waals surface area (Å²) in [6.07, 6.45) is 2.04.